The molecule has 4 atom stereocenters. The van der Waals surface area contributed by atoms with Crippen LogP contribution in [0.1, 0.15) is 24.5 Å². The smallest absolute Gasteiger partial charge is 0.118 e. The van der Waals surface area contributed by atoms with Gasteiger partial charge in [-0.25, -0.2) is 0 Å². The van der Waals surface area contributed by atoms with E-state index in [1.54, 1.807) is 7.11 Å². The predicted octanol–water partition coefficient (Wildman–Crippen LogP) is 3.57. The molecule has 2 aliphatic rings. The van der Waals surface area contributed by atoms with E-state index in [-0.39, 0.29) is 6.10 Å². The van der Waals surface area contributed by atoms with Crippen molar-refractivity contribution in [1.29, 1.82) is 0 Å². The van der Waals surface area contributed by atoms with Crippen molar-refractivity contribution in [3.8, 4) is 16.9 Å². The van der Waals surface area contributed by atoms with Crippen LogP contribution in [0.5, 0.6) is 5.75 Å². The molecule has 114 valence electrons. The number of benzene rings is 2. The quantitative estimate of drug-likeness (QED) is 0.877. The molecule has 1 aliphatic carbocycles. The number of hydrogen-bond acceptors (Lipinski definition) is 3. The summed E-state index contributed by atoms with van der Waals surface area (Å²) in [5.41, 5.74) is 3.30. The maximum Gasteiger partial charge on any atom is 0.118 e. The van der Waals surface area contributed by atoms with Gasteiger partial charge in [-0.1, -0.05) is 36.4 Å². The maximum atomic E-state index is 10.5. The minimum absolute atomic E-state index is 0.343. The molecular formula is C19H20O3. The van der Waals surface area contributed by atoms with Gasteiger partial charge < -0.3 is 14.6 Å². The molecule has 2 fully saturated rings. The van der Waals surface area contributed by atoms with Crippen LogP contribution in [0.15, 0.2) is 48.5 Å². The van der Waals surface area contributed by atoms with Crippen LogP contribution in [-0.2, 0) is 4.74 Å². The Bertz CT molecular complexity index is 637. The van der Waals surface area contributed by atoms with Crippen LogP contribution in [0, 0.1) is 5.92 Å². The second kappa shape index (κ2) is 5.41. The highest BCUT2D eigenvalue weighted by Crippen LogP contribution is 2.47. The van der Waals surface area contributed by atoms with Crippen LogP contribution in [0.2, 0.25) is 0 Å². The molecule has 1 aliphatic heterocycles. The van der Waals surface area contributed by atoms with Crippen molar-refractivity contribution in [2.24, 2.45) is 5.92 Å². The second-order valence-electron chi connectivity index (χ2n) is 6.24. The number of epoxide rings is 1. The Hall–Kier alpha value is -1.84. The molecule has 0 aromatic heterocycles. The summed E-state index contributed by atoms with van der Waals surface area (Å²) in [6, 6.07) is 16.2. The van der Waals surface area contributed by atoms with E-state index < -0.39 is 0 Å². The molecule has 2 aromatic carbocycles. The van der Waals surface area contributed by atoms with E-state index in [9.17, 15) is 5.11 Å². The van der Waals surface area contributed by atoms with E-state index in [2.05, 4.69) is 12.1 Å². The first-order valence-corrected chi connectivity index (χ1v) is 7.82. The number of aliphatic hydroxyl groups excluding tert-OH is 1. The summed E-state index contributed by atoms with van der Waals surface area (Å²) in [4.78, 5) is 0. The van der Waals surface area contributed by atoms with Crippen LogP contribution in [0.25, 0.3) is 11.1 Å². The fourth-order valence-electron chi connectivity index (χ4n) is 3.47. The largest absolute Gasteiger partial charge is 0.497 e. The summed E-state index contributed by atoms with van der Waals surface area (Å²) in [5.74, 6) is 1.20. The molecule has 0 unspecified atom stereocenters. The van der Waals surface area contributed by atoms with Crippen LogP contribution >= 0.6 is 0 Å². The van der Waals surface area contributed by atoms with Gasteiger partial charge in [0.2, 0.25) is 0 Å². The van der Waals surface area contributed by atoms with Crippen molar-refractivity contribution in [2.75, 3.05) is 7.11 Å². The summed E-state index contributed by atoms with van der Waals surface area (Å²) in [6.45, 7) is 0. The lowest BCUT2D eigenvalue weighted by Gasteiger charge is -2.19. The number of fused-ring (bicyclic) bond motifs is 1. The Labute approximate surface area is 130 Å². The lowest BCUT2D eigenvalue weighted by molar-refractivity contribution is 0.0866. The van der Waals surface area contributed by atoms with Gasteiger partial charge in [-0.3, -0.25) is 0 Å². The Balaban J connectivity index is 1.49. The Morgan fingerprint density at radius 2 is 1.50 bits per heavy atom. The van der Waals surface area contributed by atoms with Crippen molar-refractivity contribution < 1.29 is 14.6 Å². The fourth-order valence-corrected chi connectivity index (χ4v) is 3.47. The van der Waals surface area contributed by atoms with Crippen molar-refractivity contribution in [3.05, 3.63) is 54.1 Å². The molecule has 0 bridgehead atoms. The van der Waals surface area contributed by atoms with E-state index in [4.69, 9.17) is 9.47 Å². The van der Waals surface area contributed by atoms with Gasteiger partial charge in [0.25, 0.3) is 0 Å². The standard InChI is InChI=1S/C19H20O3/c1-21-16-8-6-13(7-9-16)12-2-4-14(5-3-12)19(20)15-10-17-18(11-15)22-17/h2-9,15,17-20H,10-11H2,1H3/t15-,17-,18+,19-/m1/s1. The molecule has 0 radical (unpaired) electrons. The van der Waals surface area contributed by atoms with Crippen LogP contribution in [-0.4, -0.2) is 24.4 Å². The summed E-state index contributed by atoms with van der Waals surface area (Å²) in [5, 5.41) is 10.5. The number of rotatable bonds is 4. The minimum atomic E-state index is -0.374. The highest BCUT2D eigenvalue weighted by Gasteiger charge is 2.49. The molecule has 3 nitrogen and oxygen atoms in total. The topological polar surface area (TPSA) is 42.0 Å². The minimum Gasteiger partial charge on any atom is -0.497 e. The number of aliphatic hydroxyl groups is 1. The van der Waals surface area contributed by atoms with Crippen molar-refractivity contribution in [1.82, 2.24) is 0 Å². The van der Waals surface area contributed by atoms with Crippen LogP contribution < -0.4 is 4.74 Å². The molecular weight excluding hydrogens is 276 g/mol. The fraction of sp³-hybridized carbons (Fsp3) is 0.368. The highest BCUT2D eigenvalue weighted by atomic mass is 16.6. The molecule has 1 saturated heterocycles. The lowest BCUT2D eigenvalue weighted by Crippen LogP contribution is -2.11. The Kier molecular flexibility index (Phi) is 3.40. The van der Waals surface area contributed by atoms with Gasteiger partial charge >= 0.3 is 0 Å². The van der Waals surface area contributed by atoms with Gasteiger partial charge in [0.15, 0.2) is 0 Å². The van der Waals surface area contributed by atoms with E-state index >= 15 is 0 Å². The van der Waals surface area contributed by atoms with Gasteiger partial charge in [0.05, 0.1) is 25.4 Å². The molecule has 0 amide bonds. The number of methoxy groups -OCH3 is 1. The molecule has 2 aromatic rings. The highest BCUT2D eigenvalue weighted by molar-refractivity contribution is 5.64. The summed E-state index contributed by atoms with van der Waals surface area (Å²) < 4.78 is 10.6. The molecule has 3 heteroatoms. The summed E-state index contributed by atoms with van der Waals surface area (Å²) in [6.07, 6.45) is 2.44. The average molecular weight is 296 g/mol. The second-order valence-corrected chi connectivity index (χ2v) is 6.24. The van der Waals surface area contributed by atoms with Gasteiger partial charge in [-0.05, 0) is 47.6 Å². The van der Waals surface area contributed by atoms with Crippen molar-refractivity contribution >= 4 is 0 Å². The summed E-state index contributed by atoms with van der Waals surface area (Å²) >= 11 is 0. The molecule has 1 saturated carbocycles. The molecule has 1 N–H and O–H groups in total. The van der Waals surface area contributed by atoms with E-state index in [0.29, 0.717) is 18.1 Å². The molecule has 22 heavy (non-hydrogen) atoms. The SMILES string of the molecule is COc1ccc(-c2ccc([C@@H](O)[C@H]3C[C@@H]4O[C@@H]4C3)cc2)cc1. The third kappa shape index (κ3) is 2.51. The van der Waals surface area contributed by atoms with Crippen LogP contribution in [0.4, 0.5) is 0 Å². The molecule has 1 heterocycles. The first kappa shape index (κ1) is 13.8. The Morgan fingerprint density at radius 1 is 0.955 bits per heavy atom. The number of hydrogen-bond donors (Lipinski definition) is 1. The normalized spacial score (nSPS) is 27.3. The van der Waals surface area contributed by atoms with Gasteiger partial charge in [-0.15, -0.1) is 0 Å². The zero-order valence-corrected chi connectivity index (χ0v) is 12.6. The van der Waals surface area contributed by atoms with Crippen LogP contribution in [0.3, 0.4) is 0 Å². The predicted molar refractivity (Wildman–Crippen MR) is 84.8 cm³/mol. The monoisotopic (exact) mass is 296 g/mol. The average Bonchev–Trinajstić information content (AvgIpc) is 3.20. The third-order valence-corrected chi connectivity index (χ3v) is 4.88. The molecule has 4 rings (SSSR count). The van der Waals surface area contributed by atoms with Gasteiger partial charge in [0, 0.05) is 0 Å². The summed E-state index contributed by atoms with van der Waals surface area (Å²) in [7, 11) is 1.67. The van der Waals surface area contributed by atoms with E-state index in [0.717, 1.165) is 35.3 Å². The van der Waals surface area contributed by atoms with E-state index in [1.165, 1.54) is 0 Å². The first-order valence-electron chi connectivity index (χ1n) is 7.82. The van der Waals surface area contributed by atoms with E-state index in [1.807, 2.05) is 36.4 Å². The molecule has 0 spiro atoms. The zero-order valence-electron chi connectivity index (χ0n) is 12.6. The third-order valence-electron chi connectivity index (χ3n) is 4.88. The zero-order chi connectivity index (χ0) is 15.1. The Morgan fingerprint density at radius 3 is 2.05 bits per heavy atom. The van der Waals surface area contributed by atoms with Gasteiger partial charge in [-0.2, -0.15) is 0 Å². The van der Waals surface area contributed by atoms with Crippen molar-refractivity contribution in [2.45, 2.75) is 31.2 Å². The lowest BCUT2D eigenvalue weighted by atomic mass is 9.92. The number of ether oxygens (including phenoxy) is 2. The van der Waals surface area contributed by atoms with Gasteiger partial charge in [0.1, 0.15) is 5.75 Å². The maximum absolute atomic E-state index is 10.5. The van der Waals surface area contributed by atoms with Crippen molar-refractivity contribution in [3.63, 3.8) is 0 Å². The first-order chi connectivity index (χ1) is 10.7.